The van der Waals surface area contributed by atoms with Crippen LogP contribution in [0.25, 0.3) is 0 Å². The van der Waals surface area contributed by atoms with E-state index < -0.39 is 0 Å². The number of aromatic nitrogens is 2. The molecule has 23 heavy (non-hydrogen) atoms. The van der Waals surface area contributed by atoms with Gasteiger partial charge >= 0.3 is 0 Å². The molecule has 0 radical (unpaired) electrons. The van der Waals surface area contributed by atoms with Crippen LogP contribution in [0.5, 0.6) is 0 Å². The number of amides is 1. The quantitative estimate of drug-likeness (QED) is 0.861. The van der Waals surface area contributed by atoms with Gasteiger partial charge in [-0.3, -0.25) is 9.78 Å². The second-order valence-electron chi connectivity index (χ2n) is 6.41. The molecule has 1 atom stereocenters. The molecular formula is C18H23N3O2. The van der Waals surface area contributed by atoms with Crippen LogP contribution in [0.15, 0.2) is 35.1 Å². The van der Waals surface area contributed by atoms with Crippen LogP contribution in [0.4, 0.5) is 0 Å². The fraction of sp³-hybridized carbons (Fsp3) is 0.500. The molecule has 5 heteroatoms. The summed E-state index contributed by atoms with van der Waals surface area (Å²) in [5, 5.41) is 3.99. The van der Waals surface area contributed by atoms with E-state index in [9.17, 15) is 4.79 Å². The van der Waals surface area contributed by atoms with Gasteiger partial charge in [0.25, 0.3) is 5.91 Å². The van der Waals surface area contributed by atoms with Gasteiger partial charge in [-0.1, -0.05) is 31.8 Å². The summed E-state index contributed by atoms with van der Waals surface area (Å²) < 4.78 is 5.30. The smallest absolute Gasteiger partial charge is 0.276 e. The zero-order chi connectivity index (χ0) is 16.2. The van der Waals surface area contributed by atoms with Crippen molar-refractivity contribution in [1.29, 1.82) is 0 Å². The molecule has 2 aromatic rings. The molecule has 2 aromatic heterocycles. The van der Waals surface area contributed by atoms with Gasteiger partial charge < -0.3 is 9.42 Å². The number of carbonyl (C=O) groups is 1. The van der Waals surface area contributed by atoms with E-state index in [0.717, 1.165) is 43.6 Å². The molecule has 0 aromatic carbocycles. The van der Waals surface area contributed by atoms with Crippen LogP contribution in [-0.4, -0.2) is 27.5 Å². The molecular weight excluding hydrogens is 290 g/mol. The molecule has 0 spiro atoms. The Bertz CT molecular complexity index is 651. The number of nitrogens with zero attached hydrogens (tertiary/aromatic N) is 3. The van der Waals surface area contributed by atoms with E-state index in [-0.39, 0.29) is 17.9 Å². The lowest BCUT2D eigenvalue weighted by Gasteiger charge is -2.29. The number of likely N-dealkylation sites (tertiary alicyclic amines) is 1. The molecule has 0 saturated carbocycles. The highest BCUT2D eigenvalue weighted by molar-refractivity contribution is 5.92. The molecule has 0 aliphatic carbocycles. The molecule has 1 aliphatic heterocycles. The van der Waals surface area contributed by atoms with Crippen LogP contribution in [0, 0.1) is 0 Å². The predicted molar refractivity (Wildman–Crippen MR) is 87.1 cm³/mol. The standard InChI is InChI=1S/C18H23N3O2/c1-13(2)17-12-15(20-23-17)18(22)21-11-5-3-4-6-16(21)14-7-9-19-10-8-14/h7-10,12-13,16H,3-6,11H2,1-2H3/t16-/m0/s1. The summed E-state index contributed by atoms with van der Waals surface area (Å²) in [5.74, 6) is 0.942. The minimum Gasteiger partial charge on any atom is -0.360 e. The van der Waals surface area contributed by atoms with Crippen LogP contribution in [0.2, 0.25) is 0 Å². The normalized spacial score (nSPS) is 18.9. The Kier molecular flexibility index (Phi) is 4.74. The highest BCUT2D eigenvalue weighted by Gasteiger charge is 2.29. The van der Waals surface area contributed by atoms with Crippen LogP contribution < -0.4 is 0 Å². The SMILES string of the molecule is CC(C)c1cc(C(=O)N2CCCCC[C@H]2c2ccncc2)no1. The Morgan fingerprint density at radius 2 is 2.04 bits per heavy atom. The van der Waals surface area contributed by atoms with Crippen molar-refractivity contribution >= 4 is 5.91 Å². The van der Waals surface area contributed by atoms with Crippen LogP contribution in [0.3, 0.4) is 0 Å². The molecule has 0 unspecified atom stereocenters. The van der Waals surface area contributed by atoms with E-state index in [4.69, 9.17) is 4.52 Å². The maximum absolute atomic E-state index is 13.0. The second-order valence-corrected chi connectivity index (χ2v) is 6.41. The highest BCUT2D eigenvalue weighted by Crippen LogP contribution is 2.31. The summed E-state index contributed by atoms with van der Waals surface area (Å²) in [6, 6.07) is 5.87. The van der Waals surface area contributed by atoms with E-state index in [1.807, 2.05) is 30.9 Å². The zero-order valence-electron chi connectivity index (χ0n) is 13.7. The van der Waals surface area contributed by atoms with Crippen molar-refractivity contribution in [2.45, 2.75) is 51.5 Å². The minimum absolute atomic E-state index is 0.0376. The molecule has 0 N–H and O–H groups in total. The Morgan fingerprint density at radius 3 is 2.74 bits per heavy atom. The summed E-state index contributed by atoms with van der Waals surface area (Å²) in [5.41, 5.74) is 1.55. The lowest BCUT2D eigenvalue weighted by Crippen LogP contribution is -2.35. The average molecular weight is 313 g/mol. The van der Waals surface area contributed by atoms with Crippen molar-refractivity contribution < 1.29 is 9.32 Å². The Labute approximate surface area is 136 Å². The van der Waals surface area contributed by atoms with Gasteiger partial charge in [0.2, 0.25) is 0 Å². The third kappa shape index (κ3) is 3.44. The number of rotatable bonds is 3. The van der Waals surface area contributed by atoms with E-state index in [1.165, 1.54) is 0 Å². The molecule has 122 valence electrons. The van der Waals surface area contributed by atoms with Crippen molar-refractivity contribution in [3.8, 4) is 0 Å². The first-order valence-corrected chi connectivity index (χ1v) is 8.34. The molecule has 3 rings (SSSR count). The van der Waals surface area contributed by atoms with Crippen molar-refractivity contribution in [3.05, 3.63) is 47.6 Å². The van der Waals surface area contributed by atoms with E-state index in [2.05, 4.69) is 10.1 Å². The van der Waals surface area contributed by atoms with Gasteiger partial charge in [0.05, 0.1) is 6.04 Å². The first-order valence-electron chi connectivity index (χ1n) is 8.34. The Morgan fingerprint density at radius 1 is 1.26 bits per heavy atom. The van der Waals surface area contributed by atoms with E-state index >= 15 is 0 Å². The topological polar surface area (TPSA) is 59.2 Å². The average Bonchev–Trinajstić information content (AvgIpc) is 2.94. The third-order valence-electron chi connectivity index (χ3n) is 4.42. The molecule has 1 amide bonds. The third-order valence-corrected chi connectivity index (χ3v) is 4.42. The lowest BCUT2D eigenvalue weighted by atomic mass is 10.0. The van der Waals surface area contributed by atoms with Crippen molar-refractivity contribution in [1.82, 2.24) is 15.0 Å². The first kappa shape index (κ1) is 15.7. The molecule has 3 heterocycles. The van der Waals surface area contributed by atoms with Gasteiger partial charge in [0, 0.05) is 30.9 Å². The van der Waals surface area contributed by atoms with Crippen molar-refractivity contribution in [3.63, 3.8) is 0 Å². The van der Waals surface area contributed by atoms with Gasteiger partial charge in [-0.2, -0.15) is 0 Å². The monoisotopic (exact) mass is 313 g/mol. The molecule has 5 nitrogen and oxygen atoms in total. The van der Waals surface area contributed by atoms with Gasteiger partial charge in [0.15, 0.2) is 5.69 Å². The number of pyridine rings is 1. The fourth-order valence-corrected chi connectivity index (χ4v) is 3.09. The number of hydrogen-bond acceptors (Lipinski definition) is 4. The van der Waals surface area contributed by atoms with Gasteiger partial charge in [-0.15, -0.1) is 0 Å². The molecule has 0 bridgehead atoms. The summed E-state index contributed by atoms with van der Waals surface area (Å²) in [6.07, 6.45) is 7.87. The largest absolute Gasteiger partial charge is 0.360 e. The second kappa shape index (κ2) is 6.94. The highest BCUT2D eigenvalue weighted by atomic mass is 16.5. The van der Waals surface area contributed by atoms with Crippen molar-refractivity contribution in [2.24, 2.45) is 0 Å². The molecule has 1 saturated heterocycles. The molecule has 1 aliphatic rings. The molecule has 1 fully saturated rings. The van der Waals surface area contributed by atoms with Crippen molar-refractivity contribution in [2.75, 3.05) is 6.54 Å². The van der Waals surface area contributed by atoms with E-state index in [1.54, 1.807) is 18.5 Å². The van der Waals surface area contributed by atoms with E-state index in [0.29, 0.717) is 5.69 Å². The van der Waals surface area contributed by atoms with Gasteiger partial charge in [-0.25, -0.2) is 0 Å². The lowest BCUT2D eigenvalue weighted by molar-refractivity contribution is 0.0670. The maximum Gasteiger partial charge on any atom is 0.276 e. The van der Waals surface area contributed by atoms with Gasteiger partial charge in [0.1, 0.15) is 5.76 Å². The maximum atomic E-state index is 13.0. The fourth-order valence-electron chi connectivity index (χ4n) is 3.09. The Hall–Kier alpha value is -2.17. The predicted octanol–water partition coefficient (Wildman–Crippen LogP) is 3.95. The minimum atomic E-state index is -0.0376. The number of carbonyl (C=O) groups excluding carboxylic acids is 1. The van der Waals surface area contributed by atoms with Crippen LogP contribution in [-0.2, 0) is 0 Å². The first-order chi connectivity index (χ1) is 11.2. The van der Waals surface area contributed by atoms with Crippen LogP contribution in [0.1, 0.15) is 73.3 Å². The summed E-state index contributed by atoms with van der Waals surface area (Å²) in [7, 11) is 0. The zero-order valence-corrected chi connectivity index (χ0v) is 13.7. The van der Waals surface area contributed by atoms with Gasteiger partial charge in [-0.05, 0) is 30.5 Å². The number of hydrogen-bond donors (Lipinski definition) is 0. The summed E-state index contributed by atoms with van der Waals surface area (Å²) in [6.45, 7) is 4.82. The summed E-state index contributed by atoms with van der Waals surface area (Å²) in [4.78, 5) is 19.0. The van der Waals surface area contributed by atoms with Crippen LogP contribution >= 0.6 is 0 Å². The Balaban J connectivity index is 1.88. The summed E-state index contributed by atoms with van der Waals surface area (Å²) >= 11 is 0.